The summed E-state index contributed by atoms with van der Waals surface area (Å²) in [5.41, 5.74) is -0.0605. The Hall–Kier alpha value is -2.25. The van der Waals surface area contributed by atoms with Crippen LogP contribution in [0.15, 0.2) is 30.3 Å². The van der Waals surface area contributed by atoms with Crippen molar-refractivity contribution in [3.8, 4) is 0 Å². The number of ketones is 2. The van der Waals surface area contributed by atoms with Crippen molar-refractivity contribution in [1.29, 1.82) is 0 Å². The van der Waals surface area contributed by atoms with Gasteiger partial charge < -0.3 is 19.9 Å². The Labute approximate surface area is 198 Å². The lowest BCUT2D eigenvalue weighted by Crippen LogP contribution is -2.45. The largest absolute Gasteiger partial charge is 0.444 e. The molecule has 0 saturated heterocycles. The molecule has 2 unspecified atom stereocenters. The van der Waals surface area contributed by atoms with Gasteiger partial charge >= 0.3 is 6.09 Å². The molecule has 1 rings (SSSR count). The van der Waals surface area contributed by atoms with Gasteiger partial charge in [-0.25, -0.2) is 4.79 Å². The van der Waals surface area contributed by atoms with Gasteiger partial charge in [0.15, 0.2) is 11.6 Å². The van der Waals surface area contributed by atoms with Crippen LogP contribution in [0.4, 0.5) is 4.79 Å². The van der Waals surface area contributed by atoms with Crippen LogP contribution in [0.5, 0.6) is 0 Å². The summed E-state index contributed by atoms with van der Waals surface area (Å²) in [5, 5.41) is 13.5. The molecule has 2 N–H and O–H groups in total. The lowest BCUT2D eigenvalue weighted by atomic mass is 9.81. The third kappa shape index (κ3) is 12.0. The van der Waals surface area contributed by atoms with Crippen molar-refractivity contribution < 1.29 is 29.0 Å². The second kappa shape index (κ2) is 12.8. The van der Waals surface area contributed by atoms with Gasteiger partial charge in [0.2, 0.25) is 0 Å². The maximum absolute atomic E-state index is 13.2. The van der Waals surface area contributed by atoms with E-state index >= 15 is 0 Å². The van der Waals surface area contributed by atoms with Crippen LogP contribution in [0.25, 0.3) is 0 Å². The molecular weight excluding hydrogens is 422 g/mol. The zero-order chi connectivity index (χ0) is 25.2. The van der Waals surface area contributed by atoms with E-state index in [1.807, 2.05) is 51.1 Å². The van der Waals surface area contributed by atoms with Crippen LogP contribution < -0.4 is 5.32 Å². The normalized spacial score (nSPS) is 14.8. The minimum absolute atomic E-state index is 0.0594. The van der Waals surface area contributed by atoms with Crippen molar-refractivity contribution in [2.24, 2.45) is 11.3 Å². The summed E-state index contributed by atoms with van der Waals surface area (Å²) in [6.07, 6.45) is -1.20. The zero-order valence-corrected chi connectivity index (χ0v) is 21.1. The molecule has 0 aromatic heterocycles. The van der Waals surface area contributed by atoms with E-state index in [2.05, 4.69) is 5.32 Å². The Bertz CT molecular complexity index is 763. The molecule has 0 aliphatic rings. The standard InChI is InChI=1S/C26H41NO6/c1-25(2,3)17-22(29)23(30)19(15-18-11-9-8-10-12-18)16-21(28)20(13-14-32-7)27-24(31)33-26(4,5)6/h8-12,19-20,23,30H,13-17H2,1-7H3,(H,27,31)/t19?,20-,23?/m0/s1. The summed E-state index contributed by atoms with van der Waals surface area (Å²) in [4.78, 5) is 38.3. The summed E-state index contributed by atoms with van der Waals surface area (Å²) in [6.45, 7) is 11.3. The fraction of sp³-hybridized carbons (Fsp3) is 0.654. The van der Waals surface area contributed by atoms with E-state index < -0.39 is 29.8 Å². The van der Waals surface area contributed by atoms with Gasteiger partial charge in [0.1, 0.15) is 11.7 Å². The summed E-state index contributed by atoms with van der Waals surface area (Å²) >= 11 is 0. The highest BCUT2D eigenvalue weighted by atomic mass is 16.6. The van der Waals surface area contributed by atoms with E-state index in [1.165, 1.54) is 7.11 Å². The number of alkyl carbamates (subject to hydrolysis) is 1. The maximum atomic E-state index is 13.2. The van der Waals surface area contributed by atoms with E-state index in [0.717, 1.165) is 5.56 Å². The SMILES string of the molecule is COCC[C@H](NC(=O)OC(C)(C)C)C(=O)CC(Cc1ccccc1)C(O)C(=O)CC(C)(C)C. The molecule has 7 nitrogen and oxygen atoms in total. The van der Waals surface area contributed by atoms with Crippen molar-refractivity contribution in [1.82, 2.24) is 5.32 Å². The fourth-order valence-electron chi connectivity index (χ4n) is 3.50. The summed E-state index contributed by atoms with van der Waals surface area (Å²) in [5.74, 6) is -1.17. The number of aliphatic hydroxyl groups is 1. The quantitative estimate of drug-likeness (QED) is 0.484. The van der Waals surface area contributed by atoms with Gasteiger partial charge in [0.25, 0.3) is 0 Å². The first-order chi connectivity index (χ1) is 15.2. The summed E-state index contributed by atoms with van der Waals surface area (Å²) in [7, 11) is 1.52. The molecule has 3 atom stereocenters. The highest BCUT2D eigenvalue weighted by molar-refractivity contribution is 5.89. The van der Waals surface area contributed by atoms with Crippen molar-refractivity contribution in [3.05, 3.63) is 35.9 Å². The predicted octanol–water partition coefficient (Wildman–Crippen LogP) is 4.10. The number of carbonyl (C=O) groups excluding carboxylic acids is 3. The molecule has 1 amide bonds. The van der Waals surface area contributed by atoms with E-state index in [0.29, 0.717) is 6.42 Å². The van der Waals surface area contributed by atoms with Crippen LogP contribution in [0.1, 0.15) is 66.4 Å². The van der Waals surface area contributed by atoms with Gasteiger partial charge in [0, 0.05) is 32.5 Å². The van der Waals surface area contributed by atoms with Gasteiger partial charge in [0.05, 0.1) is 6.04 Å². The third-order valence-electron chi connectivity index (χ3n) is 4.98. The first kappa shape index (κ1) is 28.8. The second-order valence-electron chi connectivity index (χ2n) is 10.7. The molecule has 7 heteroatoms. The topological polar surface area (TPSA) is 102 Å². The minimum Gasteiger partial charge on any atom is -0.444 e. The molecule has 0 spiro atoms. The van der Waals surface area contributed by atoms with Gasteiger partial charge in [-0.15, -0.1) is 0 Å². The molecule has 0 fully saturated rings. The molecule has 186 valence electrons. The van der Waals surface area contributed by atoms with Crippen LogP contribution in [0.3, 0.4) is 0 Å². The van der Waals surface area contributed by atoms with Crippen LogP contribution in [-0.2, 0) is 25.5 Å². The van der Waals surface area contributed by atoms with Crippen LogP contribution in [-0.4, -0.2) is 54.2 Å². The van der Waals surface area contributed by atoms with E-state index in [4.69, 9.17) is 9.47 Å². The number of Topliss-reactive ketones (excluding diaryl/α,β-unsaturated/α-hetero) is 2. The molecule has 1 aromatic carbocycles. The average Bonchev–Trinajstić information content (AvgIpc) is 2.68. The predicted molar refractivity (Wildman–Crippen MR) is 128 cm³/mol. The molecule has 0 aliphatic heterocycles. The fourth-order valence-corrected chi connectivity index (χ4v) is 3.50. The molecule has 0 saturated carbocycles. The highest BCUT2D eigenvalue weighted by Crippen LogP contribution is 2.25. The van der Waals surface area contributed by atoms with Gasteiger partial charge in [-0.3, -0.25) is 9.59 Å². The number of hydrogen-bond donors (Lipinski definition) is 2. The van der Waals surface area contributed by atoms with E-state index in [9.17, 15) is 19.5 Å². The summed E-state index contributed by atoms with van der Waals surface area (Å²) in [6, 6.07) is 8.60. The lowest BCUT2D eigenvalue weighted by Gasteiger charge is -2.27. The molecule has 0 heterocycles. The number of hydrogen-bond acceptors (Lipinski definition) is 6. The monoisotopic (exact) mass is 463 g/mol. The molecule has 33 heavy (non-hydrogen) atoms. The van der Waals surface area contributed by atoms with E-state index in [-0.39, 0.29) is 42.9 Å². The highest BCUT2D eigenvalue weighted by Gasteiger charge is 2.33. The van der Waals surface area contributed by atoms with Gasteiger partial charge in [-0.2, -0.15) is 0 Å². The van der Waals surface area contributed by atoms with Crippen molar-refractivity contribution in [3.63, 3.8) is 0 Å². The number of benzene rings is 1. The minimum atomic E-state index is -1.28. The Balaban J connectivity index is 3.05. The number of ether oxygens (including phenoxy) is 2. The third-order valence-corrected chi connectivity index (χ3v) is 4.98. The number of aliphatic hydroxyl groups excluding tert-OH is 1. The zero-order valence-electron chi connectivity index (χ0n) is 21.1. The Morgan fingerprint density at radius 1 is 1.00 bits per heavy atom. The smallest absolute Gasteiger partial charge is 0.408 e. The molecule has 0 aliphatic carbocycles. The lowest BCUT2D eigenvalue weighted by molar-refractivity contribution is -0.133. The van der Waals surface area contributed by atoms with Gasteiger partial charge in [-0.1, -0.05) is 51.1 Å². The molecule has 0 bridgehead atoms. The van der Waals surface area contributed by atoms with Gasteiger partial charge in [-0.05, 0) is 44.6 Å². The molecule has 0 radical (unpaired) electrons. The number of carbonyl (C=O) groups is 3. The maximum Gasteiger partial charge on any atom is 0.408 e. The second-order valence-corrected chi connectivity index (χ2v) is 10.7. The Morgan fingerprint density at radius 3 is 2.12 bits per heavy atom. The van der Waals surface area contributed by atoms with E-state index in [1.54, 1.807) is 20.8 Å². The number of amides is 1. The van der Waals surface area contributed by atoms with Crippen molar-refractivity contribution in [2.75, 3.05) is 13.7 Å². The first-order valence-corrected chi connectivity index (χ1v) is 11.5. The van der Waals surface area contributed by atoms with Crippen LogP contribution in [0.2, 0.25) is 0 Å². The van der Waals surface area contributed by atoms with Crippen molar-refractivity contribution in [2.45, 2.75) is 85.0 Å². The Kier molecular flexibility index (Phi) is 11.2. The molecular formula is C26H41NO6. The number of rotatable bonds is 12. The van der Waals surface area contributed by atoms with Crippen molar-refractivity contribution >= 4 is 17.7 Å². The Morgan fingerprint density at radius 2 is 1.61 bits per heavy atom. The summed E-state index contributed by atoms with van der Waals surface area (Å²) < 4.78 is 10.4. The van der Waals surface area contributed by atoms with Crippen LogP contribution >= 0.6 is 0 Å². The average molecular weight is 464 g/mol. The number of nitrogens with one attached hydrogen (secondary N) is 1. The van der Waals surface area contributed by atoms with Crippen LogP contribution in [0, 0.1) is 11.3 Å². The molecule has 1 aromatic rings. The number of methoxy groups -OCH3 is 1. The first-order valence-electron chi connectivity index (χ1n) is 11.5.